The summed E-state index contributed by atoms with van der Waals surface area (Å²) < 4.78 is 12.9. The highest BCUT2D eigenvalue weighted by Gasteiger charge is 2.11. The van der Waals surface area contributed by atoms with E-state index in [1.807, 2.05) is 60.7 Å². The van der Waals surface area contributed by atoms with E-state index in [-0.39, 0.29) is 17.6 Å². The summed E-state index contributed by atoms with van der Waals surface area (Å²) in [5, 5.41) is 4.10. The third-order valence-corrected chi connectivity index (χ3v) is 3.81. The van der Waals surface area contributed by atoms with Crippen LogP contribution in [0.25, 0.3) is 0 Å². The lowest BCUT2D eigenvalue weighted by Crippen LogP contribution is -2.18. The zero-order valence-corrected chi connectivity index (χ0v) is 13.5. The molecule has 3 aromatic carbocycles. The fraction of sp³-hybridized carbons (Fsp3) is 0.0476. The van der Waals surface area contributed by atoms with Gasteiger partial charge in [0.25, 0.3) is 5.91 Å². The average Bonchev–Trinajstić information content (AvgIpc) is 2.67. The van der Waals surface area contributed by atoms with Crippen molar-refractivity contribution >= 4 is 12.1 Å². The second kappa shape index (κ2) is 8.02. The topological polar surface area (TPSA) is 41.5 Å². The molecule has 0 heterocycles. The minimum absolute atomic E-state index is 0.0732. The first-order chi connectivity index (χ1) is 12.2. The van der Waals surface area contributed by atoms with Gasteiger partial charge in [-0.3, -0.25) is 4.79 Å². The Morgan fingerprint density at radius 1 is 0.840 bits per heavy atom. The van der Waals surface area contributed by atoms with E-state index in [9.17, 15) is 9.18 Å². The van der Waals surface area contributed by atoms with Crippen molar-refractivity contribution in [3.05, 3.63) is 107 Å². The summed E-state index contributed by atoms with van der Waals surface area (Å²) in [5.41, 5.74) is 5.01. The summed E-state index contributed by atoms with van der Waals surface area (Å²) >= 11 is 0. The van der Waals surface area contributed by atoms with Crippen LogP contribution in [0.4, 0.5) is 4.39 Å². The van der Waals surface area contributed by atoms with Gasteiger partial charge in [0.1, 0.15) is 5.82 Å². The van der Waals surface area contributed by atoms with Crippen LogP contribution in [-0.2, 0) is 0 Å². The third kappa shape index (κ3) is 4.38. The number of benzene rings is 3. The van der Waals surface area contributed by atoms with Gasteiger partial charge in [0.2, 0.25) is 0 Å². The average molecular weight is 332 g/mol. The van der Waals surface area contributed by atoms with E-state index in [0.29, 0.717) is 5.56 Å². The van der Waals surface area contributed by atoms with Crippen molar-refractivity contribution in [2.24, 2.45) is 5.10 Å². The Kier molecular flexibility index (Phi) is 5.32. The van der Waals surface area contributed by atoms with E-state index in [1.54, 1.807) is 6.21 Å². The number of hydrazone groups is 1. The molecule has 0 aliphatic heterocycles. The molecule has 0 aromatic heterocycles. The van der Waals surface area contributed by atoms with Gasteiger partial charge >= 0.3 is 0 Å². The van der Waals surface area contributed by atoms with Gasteiger partial charge in [0, 0.05) is 17.7 Å². The normalized spacial score (nSPS) is 11.0. The number of hydrogen-bond acceptors (Lipinski definition) is 2. The van der Waals surface area contributed by atoms with Crippen LogP contribution in [0.3, 0.4) is 0 Å². The number of carbonyl (C=O) groups excluding carboxylic acids is 1. The van der Waals surface area contributed by atoms with Crippen LogP contribution in [0, 0.1) is 5.82 Å². The third-order valence-electron chi connectivity index (χ3n) is 3.81. The molecule has 25 heavy (non-hydrogen) atoms. The number of amides is 1. The predicted molar refractivity (Wildman–Crippen MR) is 97.1 cm³/mol. The predicted octanol–water partition coefficient (Wildman–Crippen LogP) is 4.37. The van der Waals surface area contributed by atoms with Gasteiger partial charge in [0.15, 0.2) is 0 Å². The summed E-state index contributed by atoms with van der Waals surface area (Å²) in [6.07, 6.45) is 1.70. The molecule has 0 atom stereocenters. The maximum Gasteiger partial charge on any atom is 0.271 e. The maximum atomic E-state index is 12.9. The van der Waals surface area contributed by atoms with Gasteiger partial charge < -0.3 is 0 Å². The van der Waals surface area contributed by atoms with Gasteiger partial charge in [-0.25, -0.2) is 9.82 Å². The highest BCUT2D eigenvalue weighted by molar-refractivity contribution is 5.94. The zero-order valence-electron chi connectivity index (χ0n) is 13.5. The van der Waals surface area contributed by atoms with Crippen LogP contribution in [-0.4, -0.2) is 12.1 Å². The van der Waals surface area contributed by atoms with Crippen LogP contribution in [0.5, 0.6) is 0 Å². The molecule has 124 valence electrons. The monoisotopic (exact) mass is 332 g/mol. The molecule has 0 bridgehead atoms. The summed E-state index contributed by atoms with van der Waals surface area (Å²) in [5.74, 6) is -0.833. The molecule has 3 nitrogen and oxygen atoms in total. The first-order valence-corrected chi connectivity index (χ1v) is 7.93. The van der Waals surface area contributed by atoms with Crippen LogP contribution >= 0.6 is 0 Å². The Hall–Kier alpha value is -3.27. The molecule has 0 fully saturated rings. The second-order valence-corrected chi connectivity index (χ2v) is 5.53. The Bertz CT molecular complexity index is 807. The molecular weight excluding hydrogens is 315 g/mol. The molecule has 0 aliphatic carbocycles. The first kappa shape index (κ1) is 16.6. The van der Waals surface area contributed by atoms with Gasteiger partial charge in [-0.1, -0.05) is 60.7 Å². The van der Waals surface area contributed by atoms with Crippen molar-refractivity contribution in [2.75, 3.05) is 0 Å². The Morgan fingerprint density at radius 2 is 1.36 bits per heavy atom. The SMILES string of the molecule is O=C(N/N=C/C(c1ccccc1)c1ccccc1)c1ccc(F)cc1. The Balaban J connectivity index is 1.77. The quantitative estimate of drug-likeness (QED) is 0.547. The number of halogens is 1. The van der Waals surface area contributed by atoms with Crippen molar-refractivity contribution in [3.8, 4) is 0 Å². The molecule has 0 spiro atoms. The maximum absolute atomic E-state index is 12.9. The molecule has 3 rings (SSSR count). The van der Waals surface area contributed by atoms with E-state index in [2.05, 4.69) is 10.5 Å². The first-order valence-electron chi connectivity index (χ1n) is 7.93. The highest BCUT2D eigenvalue weighted by atomic mass is 19.1. The van der Waals surface area contributed by atoms with Crippen LogP contribution in [0.15, 0.2) is 90.0 Å². The number of rotatable bonds is 5. The number of nitrogens with zero attached hydrogens (tertiary/aromatic N) is 1. The number of hydrogen-bond donors (Lipinski definition) is 1. The second-order valence-electron chi connectivity index (χ2n) is 5.53. The lowest BCUT2D eigenvalue weighted by molar-refractivity contribution is 0.0955. The molecule has 4 heteroatoms. The molecule has 0 saturated carbocycles. The van der Waals surface area contributed by atoms with Crippen LogP contribution in [0.1, 0.15) is 27.4 Å². The fourth-order valence-corrected chi connectivity index (χ4v) is 2.52. The highest BCUT2D eigenvalue weighted by Crippen LogP contribution is 2.22. The summed E-state index contributed by atoms with van der Waals surface area (Å²) in [7, 11) is 0. The molecule has 0 aliphatic rings. The number of carbonyl (C=O) groups is 1. The largest absolute Gasteiger partial charge is 0.271 e. The standard InChI is InChI=1S/C21H17FN2O/c22-19-13-11-18(12-14-19)21(25)24-23-15-20(16-7-3-1-4-8-16)17-9-5-2-6-10-17/h1-15,20H,(H,24,25)/b23-15+. The minimum atomic E-state index is -0.381. The lowest BCUT2D eigenvalue weighted by Gasteiger charge is -2.13. The molecule has 1 N–H and O–H groups in total. The van der Waals surface area contributed by atoms with Crippen molar-refractivity contribution in [1.82, 2.24) is 5.43 Å². The van der Waals surface area contributed by atoms with E-state index < -0.39 is 0 Å². The molecular formula is C21H17FN2O. The molecule has 0 unspecified atom stereocenters. The zero-order chi connectivity index (χ0) is 17.5. The van der Waals surface area contributed by atoms with E-state index in [1.165, 1.54) is 24.3 Å². The number of nitrogens with one attached hydrogen (secondary N) is 1. The summed E-state index contributed by atoms with van der Waals surface area (Å²) in [6, 6.07) is 25.2. The smallest absolute Gasteiger partial charge is 0.267 e. The van der Waals surface area contributed by atoms with Crippen molar-refractivity contribution < 1.29 is 9.18 Å². The van der Waals surface area contributed by atoms with Gasteiger partial charge in [0.05, 0.1) is 0 Å². The van der Waals surface area contributed by atoms with Crippen molar-refractivity contribution in [2.45, 2.75) is 5.92 Å². The molecule has 0 saturated heterocycles. The van der Waals surface area contributed by atoms with Crippen molar-refractivity contribution in [1.29, 1.82) is 0 Å². The van der Waals surface area contributed by atoms with E-state index in [4.69, 9.17) is 0 Å². The molecule has 3 aromatic rings. The fourth-order valence-electron chi connectivity index (χ4n) is 2.52. The summed E-state index contributed by atoms with van der Waals surface area (Å²) in [6.45, 7) is 0. The van der Waals surface area contributed by atoms with Crippen LogP contribution in [0.2, 0.25) is 0 Å². The van der Waals surface area contributed by atoms with Crippen LogP contribution < -0.4 is 5.43 Å². The van der Waals surface area contributed by atoms with Crippen molar-refractivity contribution in [3.63, 3.8) is 0 Å². The molecule has 0 radical (unpaired) electrons. The van der Waals surface area contributed by atoms with Gasteiger partial charge in [-0.2, -0.15) is 5.10 Å². The minimum Gasteiger partial charge on any atom is -0.267 e. The molecule has 1 amide bonds. The van der Waals surface area contributed by atoms with E-state index in [0.717, 1.165) is 11.1 Å². The van der Waals surface area contributed by atoms with E-state index >= 15 is 0 Å². The lowest BCUT2D eigenvalue weighted by atomic mass is 9.92. The van der Waals surface area contributed by atoms with Gasteiger partial charge in [-0.05, 0) is 35.4 Å². The van der Waals surface area contributed by atoms with Gasteiger partial charge in [-0.15, -0.1) is 0 Å². The Labute approximate surface area is 145 Å². The Morgan fingerprint density at radius 3 is 1.88 bits per heavy atom. The summed E-state index contributed by atoms with van der Waals surface area (Å²) in [4.78, 5) is 12.1.